The van der Waals surface area contributed by atoms with Gasteiger partial charge in [0.25, 0.3) is 5.92 Å². The van der Waals surface area contributed by atoms with Crippen molar-refractivity contribution in [3.63, 3.8) is 0 Å². The van der Waals surface area contributed by atoms with Crippen LogP contribution in [-0.2, 0) is 10.7 Å². The summed E-state index contributed by atoms with van der Waals surface area (Å²) in [7, 11) is 1.15. The molecule has 0 heterocycles. The van der Waals surface area contributed by atoms with Crippen molar-refractivity contribution in [1.82, 2.24) is 0 Å². The third kappa shape index (κ3) is 2.75. The number of hydrogen-bond acceptors (Lipinski definition) is 2. The maximum atomic E-state index is 13.1. The Morgan fingerprint density at radius 1 is 1.47 bits per heavy atom. The minimum Gasteiger partial charge on any atom is -0.465 e. The van der Waals surface area contributed by atoms with Crippen LogP contribution in [0.4, 0.5) is 8.78 Å². The predicted molar refractivity (Wildman–Crippen MR) is 55.0 cm³/mol. The molecule has 2 nitrogen and oxygen atoms in total. The van der Waals surface area contributed by atoms with Gasteiger partial charge in [0.1, 0.15) is 0 Å². The van der Waals surface area contributed by atoms with Crippen LogP contribution < -0.4 is 0 Å². The molecule has 1 aromatic rings. The summed E-state index contributed by atoms with van der Waals surface area (Å²) in [4.78, 5) is 11.3. The third-order valence-corrected chi connectivity index (χ3v) is 2.35. The Labute approximate surface area is 94.4 Å². The number of halogens is 3. The zero-order valence-electron chi connectivity index (χ0n) is 8.18. The summed E-state index contributed by atoms with van der Waals surface area (Å²) in [6.07, 6.45) is 0. The molecular weight excluding hydrogens is 270 g/mol. The molecule has 0 unspecified atom stereocenters. The second kappa shape index (κ2) is 4.26. The fourth-order valence-corrected chi connectivity index (χ4v) is 1.54. The minimum atomic E-state index is -3.07. The van der Waals surface area contributed by atoms with Gasteiger partial charge in [0.05, 0.1) is 12.7 Å². The van der Waals surface area contributed by atoms with Crippen LogP contribution in [0.15, 0.2) is 22.7 Å². The van der Waals surface area contributed by atoms with Gasteiger partial charge in [-0.25, -0.2) is 13.6 Å². The fraction of sp³-hybridized carbons (Fsp3) is 0.300. The lowest BCUT2D eigenvalue weighted by Gasteiger charge is -2.14. The van der Waals surface area contributed by atoms with Gasteiger partial charge >= 0.3 is 5.97 Å². The topological polar surface area (TPSA) is 26.3 Å². The average molecular weight is 279 g/mol. The van der Waals surface area contributed by atoms with Gasteiger partial charge in [-0.2, -0.15) is 0 Å². The number of methoxy groups -OCH3 is 1. The summed E-state index contributed by atoms with van der Waals surface area (Å²) in [6, 6.07) is 3.98. The number of carbonyl (C=O) groups is 1. The molecule has 82 valence electrons. The molecule has 0 atom stereocenters. The molecule has 0 fully saturated rings. The lowest BCUT2D eigenvalue weighted by atomic mass is 10.0. The minimum absolute atomic E-state index is 0.126. The molecule has 0 bridgehead atoms. The first-order valence-electron chi connectivity index (χ1n) is 4.12. The van der Waals surface area contributed by atoms with Gasteiger partial charge in [-0.1, -0.05) is 22.0 Å². The van der Waals surface area contributed by atoms with E-state index in [1.807, 2.05) is 0 Å². The normalized spacial score (nSPS) is 11.3. The fourth-order valence-electron chi connectivity index (χ4n) is 1.18. The molecule has 0 aliphatic heterocycles. The van der Waals surface area contributed by atoms with Gasteiger partial charge in [0.15, 0.2) is 0 Å². The number of esters is 1. The molecule has 0 saturated carbocycles. The molecular formula is C10H9BrF2O2. The molecule has 0 aromatic heterocycles. The molecule has 1 rings (SSSR count). The molecule has 0 N–H and O–H groups in total. The molecule has 0 saturated heterocycles. The van der Waals surface area contributed by atoms with Gasteiger partial charge in [0.2, 0.25) is 0 Å². The van der Waals surface area contributed by atoms with Crippen molar-refractivity contribution >= 4 is 21.9 Å². The summed E-state index contributed by atoms with van der Waals surface area (Å²) in [6.45, 7) is 0.739. The van der Waals surface area contributed by atoms with Crippen molar-refractivity contribution in [3.8, 4) is 0 Å². The molecule has 15 heavy (non-hydrogen) atoms. The smallest absolute Gasteiger partial charge is 0.338 e. The predicted octanol–water partition coefficient (Wildman–Crippen LogP) is 3.35. The first-order valence-corrected chi connectivity index (χ1v) is 4.91. The summed E-state index contributed by atoms with van der Waals surface area (Å²) < 4.78 is 31.2. The van der Waals surface area contributed by atoms with Gasteiger partial charge in [-0.05, 0) is 12.1 Å². The average Bonchev–Trinajstić information content (AvgIpc) is 2.14. The maximum Gasteiger partial charge on any atom is 0.338 e. The Balaban J connectivity index is 3.33. The van der Waals surface area contributed by atoms with Gasteiger partial charge < -0.3 is 4.74 Å². The van der Waals surface area contributed by atoms with Crippen LogP contribution in [0.25, 0.3) is 0 Å². The maximum absolute atomic E-state index is 13.1. The molecule has 0 radical (unpaired) electrons. The highest BCUT2D eigenvalue weighted by Crippen LogP contribution is 2.31. The van der Waals surface area contributed by atoms with Crippen molar-refractivity contribution in [1.29, 1.82) is 0 Å². The second-order valence-corrected chi connectivity index (χ2v) is 3.99. The molecule has 0 spiro atoms. The SMILES string of the molecule is COC(=O)c1cc(Br)ccc1C(C)(F)F. The van der Waals surface area contributed by atoms with E-state index in [1.165, 1.54) is 18.2 Å². The molecule has 0 aliphatic rings. The quantitative estimate of drug-likeness (QED) is 0.776. The Morgan fingerprint density at radius 3 is 2.53 bits per heavy atom. The van der Waals surface area contributed by atoms with E-state index in [-0.39, 0.29) is 11.1 Å². The first kappa shape index (κ1) is 12.1. The van der Waals surface area contributed by atoms with E-state index in [4.69, 9.17) is 0 Å². The van der Waals surface area contributed by atoms with E-state index in [0.717, 1.165) is 14.0 Å². The van der Waals surface area contributed by atoms with E-state index < -0.39 is 11.9 Å². The molecule has 5 heteroatoms. The van der Waals surface area contributed by atoms with Crippen LogP contribution in [0, 0.1) is 0 Å². The zero-order chi connectivity index (χ0) is 11.6. The third-order valence-electron chi connectivity index (χ3n) is 1.86. The van der Waals surface area contributed by atoms with Crippen molar-refractivity contribution in [3.05, 3.63) is 33.8 Å². The Bertz CT molecular complexity index is 385. The zero-order valence-corrected chi connectivity index (χ0v) is 9.77. The lowest BCUT2D eigenvalue weighted by molar-refractivity contribution is 0.0148. The number of alkyl halides is 2. The number of carbonyl (C=O) groups excluding carboxylic acids is 1. The highest BCUT2D eigenvalue weighted by Gasteiger charge is 2.30. The van der Waals surface area contributed by atoms with Crippen LogP contribution in [0.2, 0.25) is 0 Å². The van der Waals surface area contributed by atoms with Crippen LogP contribution in [0.5, 0.6) is 0 Å². The summed E-state index contributed by atoms with van der Waals surface area (Å²) in [5.74, 6) is -3.84. The van der Waals surface area contributed by atoms with E-state index in [2.05, 4.69) is 20.7 Å². The summed E-state index contributed by atoms with van der Waals surface area (Å²) in [5.41, 5.74) is -0.461. The summed E-state index contributed by atoms with van der Waals surface area (Å²) >= 11 is 3.11. The molecule has 1 aromatic carbocycles. The van der Waals surface area contributed by atoms with E-state index >= 15 is 0 Å². The number of hydrogen-bond donors (Lipinski definition) is 0. The van der Waals surface area contributed by atoms with Crippen molar-refractivity contribution in [2.75, 3.05) is 7.11 Å². The molecule has 0 amide bonds. The summed E-state index contributed by atoms with van der Waals surface area (Å²) in [5, 5.41) is 0. The van der Waals surface area contributed by atoms with E-state index in [0.29, 0.717) is 4.47 Å². The second-order valence-electron chi connectivity index (χ2n) is 3.07. The van der Waals surface area contributed by atoms with Crippen molar-refractivity contribution in [2.24, 2.45) is 0 Å². The van der Waals surface area contributed by atoms with Gasteiger partial charge in [0, 0.05) is 17.0 Å². The lowest BCUT2D eigenvalue weighted by Crippen LogP contribution is -2.15. The number of rotatable bonds is 2. The highest BCUT2D eigenvalue weighted by atomic mass is 79.9. The van der Waals surface area contributed by atoms with E-state index in [9.17, 15) is 13.6 Å². The first-order chi connectivity index (χ1) is 6.86. The standard InChI is InChI=1S/C10H9BrF2O2/c1-10(12,13)8-4-3-6(11)5-7(8)9(14)15-2/h3-5H,1-2H3. The van der Waals surface area contributed by atoms with Crippen molar-refractivity contribution < 1.29 is 18.3 Å². The van der Waals surface area contributed by atoms with Crippen LogP contribution in [0.1, 0.15) is 22.8 Å². The van der Waals surface area contributed by atoms with Crippen LogP contribution in [-0.4, -0.2) is 13.1 Å². The number of ether oxygens (including phenoxy) is 1. The van der Waals surface area contributed by atoms with Crippen LogP contribution in [0.3, 0.4) is 0 Å². The molecule has 0 aliphatic carbocycles. The highest BCUT2D eigenvalue weighted by molar-refractivity contribution is 9.10. The Hall–Kier alpha value is -0.970. The largest absolute Gasteiger partial charge is 0.465 e. The van der Waals surface area contributed by atoms with Crippen molar-refractivity contribution in [2.45, 2.75) is 12.8 Å². The van der Waals surface area contributed by atoms with Gasteiger partial charge in [-0.15, -0.1) is 0 Å². The Kier molecular flexibility index (Phi) is 3.44. The Morgan fingerprint density at radius 2 is 2.07 bits per heavy atom. The van der Waals surface area contributed by atoms with E-state index in [1.54, 1.807) is 0 Å². The van der Waals surface area contributed by atoms with Crippen LogP contribution >= 0.6 is 15.9 Å². The van der Waals surface area contributed by atoms with Gasteiger partial charge in [-0.3, -0.25) is 0 Å². The monoisotopic (exact) mass is 278 g/mol. The number of benzene rings is 1.